The van der Waals surface area contributed by atoms with E-state index >= 15 is 0 Å². The summed E-state index contributed by atoms with van der Waals surface area (Å²) < 4.78 is 4.98. The third kappa shape index (κ3) is 1.77. The Hall–Kier alpha value is -1.02. The smallest absolute Gasteiger partial charge is 0.129 e. The Bertz CT molecular complexity index is 309. The number of rotatable bonds is 2. The van der Waals surface area contributed by atoms with Gasteiger partial charge in [0.2, 0.25) is 0 Å². The minimum Gasteiger partial charge on any atom is -0.497 e. The molecule has 0 aromatic carbocycles. The van der Waals surface area contributed by atoms with E-state index in [0.717, 1.165) is 11.1 Å². The Balaban J connectivity index is 3.09. The third-order valence-electron chi connectivity index (χ3n) is 1.62. The second-order valence-corrected chi connectivity index (χ2v) is 2.84. The van der Waals surface area contributed by atoms with Gasteiger partial charge in [0.05, 0.1) is 7.11 Å². The lowest BCUT2D eigenvalue weighted by Gasteiger charge is -2.06. The molecule has 0 aliphatic heterocycles. The van der Waals surface area contributed by atoms with Crippen molar-refractivity contribution in [1.82, 2.24) is 4.98 Å². The summed E-state index contributed by atoms with van der Waals surface area (Å²) >= 11 is 5.68. The topological polar surface area (TPSA) is 22.1 Å². The van der Waals surface area contributed by atoms with Crippen LogP contribution in [0.15, 0.2) is 18.8 Å². The molecule has 0 N–H and O–H groups in total. The maximum Gasteiger partial charge on any atom is 0.129 e. The summed E-state index contributed by atoms with van der Waals surface area (Å²) in [5.41, 5.74) is 1.91. The maximum absolute atomic E-state index is 5.68. The summed E-state index contributed by atoms with van der Waals surface area (Å²) in [7, 11) is 1.58. The van der Waals surface area contributed by atoms with Crippen LogP contribution in [0.1, 0.15) is 11.1 Å². The molecular weight excluding hydrogens is 174 g/mol. The standard InChI is InChI=1S/C9H10ClNO/c1-6-4-9(10)11-5-8(6)7(2)12-3/h4-5H,2H2,1,3H3. The molecule has 0 amide bonds. The zero-order chi connectivity index (χ0) is 9.14. The molecule has 2 nitrogen and oxygen atoms in total. The SMILES string of the molecule is C=C(OC)c1cnc(Cl)cc1C. The minimum atomic E-state index is 0.486. The van der Waals surface area contributed by atoms with Gasteiger partial charge in [-0.3, -0.25) is 0 Å². The molecule has 12 heavy (non-hydrogen) atoms. The molecule has 3 heteroatoms. The molecule has 0 aliphatic carbocycles. The summed E-state index contributed by atoms with van der Waals surface area (Å²) in [6, 6.07) is 1.78. The number of hydrogen-bond donors (Lipinski definition) is 0. The quantitative estimate of drug-likeness (QED) is 0.520. The number of aryl methyl sites for hydroxylation is 1. The molecule has 1 heterocycles. The van der Waals surface area contributed by atoms with Gasteiger partial charge in [0.15, 0.2) is 0 Å². The van der Waals surface area contributed by atoms with Crippen LogP contribution >= 0.6 is 11.6 Å². The Labute approximate surface area is 76.8 Å². The van der Waals surface area contributed by atoms with Gasteiger partial charge in [0, 0.05) is 11.8 Å². The van der Waals surface area contributed by atoms with Crippen molar-refractivity contribution < 1.29 is 4.74 Å². The molecule has 0 bridgehead atoms. The minimum absolute atomic E-state index is 0.486. The average molecular weight is 184 g/mol. The van der Waals surface area contributed by atoms with Crippen molar-refractivity contribution in [3.63, 3.8) is 0 Å². The number of methoxy groups -OCH3 is 1. The summed E-state index contributed by atoms with van der Waals surface area (Å²) in [4.78, 5) is 3.93. The van der Waals surface area contributed by atoms with Crippen LogP contribution in [-0.2, 0) is 4.74 Å². The van der Waals surface area contributed by atoms with Gasteiger partial charge in [-0.1, -0.05) is 18.2 Å². The molecule has 0 aliphatic rings. The first kappa shape index (κ1) is 9.07. The second-order valence-electron chi connectivity index (χ2n) is 2.45. The summed E-state index contributed by atoms with van der Waals surface area (Å²) in [5, 5.41) is 0.486. The molecule has 1 aromatic heterocycles. The highest BCUT2D eigenvalue weighted by atomic mass is 35.5. The summed E-state index contributed by atoms with van der Waals surface area (Å²) in [6.07, 6.45) is 1.66. The molecule has 64 valence electrons. The van der Waals surface area contributed by atoms with Gasteiger partial charge < -0.3 is 4.74 Å². The number of nitrogens with zero attached hydrogens (tertiary/aromatic N) is 1. The van der Waals surface area contributed by atoms with E-state index in [-0.39, 0.29) is 0 Å². The average Bonchev–Trinajstić information content (AvgIpc) is 2.03. The lowest BCUT2D eigenvalue weighted by Crippen LogP contribution is -1.91. The number of hydrogen-bond acceptors (Lipinski definition) is 2. The van der Waals surface area contributed by atoms with Crippen LogP contribution in [-0.4, -0.2) is 12.1 Å². The number of halogens is 1. The first-order chi connectivity index (χ1) is 5.65. The van der Waals surface area contributed by atoms with Crippen LogP contribution in [0.2, 0.25) is 5.15 Å². The van der Waals surface area contributed by atoms with Gasteiger partial charge in [-0.2, -0.15) is 0 Å². The van der Waals surface area contributed by atoms with Gasteiger partial charge in [-0.05, 0) is 18.6 Å². The van der Waals surface area contributed by atoms with Crippen molar-refractivity contribution in [2.24, 2.45) is 0 Å². The summed E-state index contributed by atoms with van der Waals surface area (Å²) in [5.74, 6) is 0.608. The third-order valence-corrected chi connectivity index (χ3v) is 1.83. The van der Waals surface area contributed by atoms with E-state index in [4.69, 9.17) is 16.3 Å². The number of pyridine rings is 1. The highest BCUT2D eigenvalue weighted by Gasteiger charge is 2.03. The fourth-order valence-corrected chi connectivity index (χ4v) is 1.14. The van der Waals surface area contributed by atoms with E-state index in [1.165, 1.54) is 0 Å². The Morgan fingerprint density at radius 3 is 2.83 bits per heavy atom. The zero-order valence-corrected chi connectivity index (χ0v) is 7.85. The van der Waals surface area contributed by atoms with Gasteiger partial charge >= 0.3 is 0 Å². The van der Waals surface area contributed by atoms with Crippen molar-refractivity contribution >= 4 is 17.4 Å². The van der Waals surface area contributed by atoms with Crippen molar-refractivity contribution in [1.29, 1.82) is 0 Å². The molecule has 0 unspecified atom stereocenters. The van der Waals surface area contributed by atoms with Crippen molar-refractivity contribution in [2.45, 2.75) is 6.92 Å². The van der Waals surface area contributed by atoms with E-state index in [0.29, 0.717) is 10.9 Å². The maximum atomic E-state index is 5.68. The van der Waals surface area contributed by atoms with Crippen LogP contribution in [0.5, 0.6) is 0 Å². The summed E-state index contributed by atoms with van der Waals surface area (Å²) in [6.45, 7) is 5.67. The van der Waals surface area contributed by atoms with Crippen LogP contribution in [0, 0.1) is 6.92 Å². The number of aromatic nitrogens is 1. The molecule has 0 radical (unpaired) electrons. The molecule has 0 saturated heterocycles. The zero-order valence-electron chi connectivity index (χ0n) is 7.10. The van der Waals surface area contributed by atoms with Crippen LogP contribution in [0.3, 0.4) is 0 Å². The molecular formula is C9H10ClNO. The van der Waals surface area contributed by atoms with E-state index in [1.807, 2.05) is 6.92 Å². The number of ether oxygens (including phenoxy) is 1. The molecule has 1 aromatic rings. The van der Waals surface area contributed by atoms with Gasteiger partial charge in [0.25, 0.3) is 0 Å². The van der Waals surface area contributed by atoms with Crippen molar-refractivity contribution in [3.05, 3.63) is 35.1 Å². The van der Waals surface area contributed by atoms with Crippen LogP contribution < -0.4 is 0 Å². The predicted octanol–water partition coefficient (Wildman–Crippen LogP) is 2.66. The molecule has 1 rings (SSSR count). The van der Waals surface area contributed by atoms with Crippen LogP contribution in [0.4, 0.5) is 0 Å². The monoisotopic (exact) mass is 183 g/mol. The highest BCUT2D eigenvalue weighted by molar-refractivity contribution is 6.29. The fraction of sp³-hybridized carbons (Fsp3) is 0.222. The molecule has 0 fully saturated rings. The predicted molar refractivity (Wildman–Crippen MR) is 50.0 cm³/mol. The Morgan fingerprint density at radius 2 is 2.33 bits per heavy atom. The molecule has 0 spiro atoms. The fourth-order valence-electron chi connectivity index (χ4n) is 0.924. The molecule has 0 saturated carbocycles. The Morgan fingerprint density at radius 1 is 1.67 bits per heavy atom. The molecule has 0 atom stereocenters. The second kappa shape index (κ2) is 3.59. The van der Waals surface area contributed by atoms with Gasteiger partial charge in [-0.25, -0.2) is 4.98 Å². The van der Waals surface area contributed by atoms with Crippen molar-refractivity contribution in [3.8, 4) is 0 Å². The van der Waals surface area contributed by atoms with Crippen LogP contribution in [0.25, 0.3) is 5.76 Å². The first-order valence-corrected chi connectivity index (χ1v) is 3.88. The van der Waals surface area contributed by atoms with Crippen molar-refractivity contribution in [2.75, 3.05) is 7.11 Å². The lowest BCUT2D eigenvalue weighted by atomic mass is 10.1. The largest absolute Gasteiger partial charge is 0.497 e. The normalized spacial score (nSPS) is 9.58. The van der Waals surface area contributed by atoms with Gasteiger partial charge in [-0.15, -0.1) is 0 Å². The van der Waals surface area contributed by atoms with E-state index < -0.39 is 0 Å². The first-order valence-electron chi connectivity index (χ1n) is 3.50. The van der Waals surface area contributed by atoms with Gasteiger partial charge in [0.1, 0.15) is 10.9 Å². The van der Waals surface area contributed by atoms with E-state index in [1.54, 1.807) is 19.4 Å². The lowest BCUT2D eigenvalue weighted by molar-refractivity contribution is 0.371. The van der Waals surface area contributed by atoms with E-state index in [2.05, 4.69) is 11.6 Å². The van der Waals surface area contributed by atoms with E-state index in [9.17, 15) is 0 Å². The Kier molecular flexibility index (Phi) is 2.71. The highest BCUT2D eigenvalue weighted by Crippen LogP contribution is 2.18.